The Morgan fingerprint density at radius 1 is 0.833 bits per heavy atom. The molecule has 2 aliphatic heterocycles. The van der Waals surface area contributed by atoms with Crippen LogP contribution in [0.5, 0.6) is 0 Å². The fourth-order valence-electron chi connectivity index (χ4n) is 8.97. The molecule has 0 spiro atoms. The van der Waals surface area contributed by atoms with Crippen LogP contribution in [0.2, 0.25) is 0 Å². The third kappa shape index (κ3) is 6.41. The largest absolute Gasteiger partial charge is 0.453 e. The molecular formula is C43H51N7O4. The monoisotopic (exact) mass is 729 g/mol. The van der Waals surface area contributed by atoms with Crippen LogP contribution in [0.15, 0.2) is 60.8 Å². The van der Waals surface area contributed by atoms with Crippen molar-refractivity contribution < 1.29 is 19.1 Å². The highest BCUT2D eigenvalue weighted by molar-refractivity contribution is 5.92. The lowest BCUT2D eigenvalue weighted by atomic mass is 9.95. The number of hydrogen-bond donors (Lipinski definition) is 3. The summed E-state index contributed by atoms with van der Waals surface area (Å²) in [5.41, 5.74) is 5.97. The Morgan fingerprint density at radius 2 is 1.56 bits per heavy atom. The van der Waals surface area contributed by atoms with Crippen molar-refractivity contribution in [3.8, 4) is 22.4 Å². The molecule has 2 aromatic heterocycles. The number of likely N-dealkylation sites (tertiary alicyclic amines) is 2. The summed E-state index contributed by atoms with van der Waals surface area (Å²) in [5, 5.41) is 5.03. The van der Waals surface area contributed by atoms with Crippen molar-refractivity contribution in [3.63, 3.8) is 0 Å². The summed E-state index contributed by atoms with van der Waals surface area (Å²) in [6, 6.07) is 18.6. The number of nitrogens with zero attached hydrogens (tertiary/aromatic N) is 4. The summed E-state index contributed by atoms with van der Waals surface area (Å²) >= 11 is 0. The van der Waals surface area contributed by atoms with Gasteiger partial charge in [0.05, 0.1) is 42.1 Å². The van der Waals surface area contributed by atoms with Crippen LogP contribution in [0.25, 0.3) is 44.2 Å². The van der Waals surface area contributed by atoms with Gasteiger partial charge in [-0.05, 0) is 96.0 Å². The Balaban J connectivity index is 1.02. The molecule has 1 unspecified atom stereocenters. The number of hydrogen-bond acceptors (Lipinski definition) is 6. The van der Waals surface area contributed by atoms with Gasteiger partial charge in [-0.3, -0.25) is 9.59 Å². The Kier molecular flexibility index (Phi) is 9.44. The highest BCUT2D eigenvalue weighted by atomic mass is 16.5. The van der Waals surface area contributed by atoms with E-state index in [1.807, 2.05) is 42.8 Å². The van der Waals surface area contributed by atoms with Gasteiger partial charge in [-0.2, -0.15) is 0 Å². The fourth-order valence-corrected chi connectivity index (χ4v) is 8.97. The van der Waals surface area contributed by atoms with Crippen molar-refractivity contribution in [2.24, 2.45) is 23.7 Å². The average Bonchev–Trinajstić information content (AvgIpc) is 4.03. The van der Waals surface area contributed by atoms with E-state index in [1.165, 1.54) is 7.11 Å². The van der Waals surface area contributed by atoms with Crippen LogP contribution in [0.3, 0.4) is 0 Å². The van der Waals surface area contributed by atoms with Crippen molar-refractivity contribution in [2.75, 3.05) is 13.7 Å². The SMILES string of the molecule is COC(=O)N[C@H](C(=O)N1C2CC[C@@H](C2)[C@H]1c1nc2ccc(-c3ccc4cc(-c5cnc([C@@H]6CCCN6C(=O)[C@@H](C)C(C)C)[nH]5)ccc4c3)cc2[nH]1)C(C)C. The molecule has 2 bridgehead atoms. The standard InChI is InChI=1S/C43H51N7O4/c1-23(2)25(5)41(51)49-17-7-8-36(49)39-44-22-35(47-39)30-12-11-26-18-27(9-10-28(26)19-30)29-14-16-33-34(21-29)46-40(45-33)38-31-13-15-32(20-31)50(38)42(52)37(24(3)4)48-43(53)54-6/h9-12,14,16,18-19,21-25,31-32,36-38H,7-8,13,15,17,20H2,1-6H3,(H,44,47)(H,45,46)(H,48,53)/t25-,31-,32?,36-,37-,38-/m0/s1. The smallest absolute Gasteiger partial charge is 0.407 e. The maximum Gasteiger partial charge on any atom is 0.407 e. The number of aromatic amines is 2. The lowest BCUT2D eigenvalue weighted by Gasteiger charge is -2.37. The summed E-state index contributed by atoms with van der Waals surface area (Å²) in [4.78, 5) is 60.3. The van der Waals surface area contributed by atoms with Gasteiger partial charge in [-0.25, -0.2) is 14.8 Å². The molecule has 1 saturated carbocycles. The molecule has 54 heavy (non-hydrogen) atoms. The number of ether oxygens (including phenoxy) is 1. The molecule has 6 atom stereocenters. The van der Waals surface area contributed by atoms with Gasteiger partial charge in [0.25, 0.3) is 0 Å². The third-order valence-electron chi connectivity index (χ3n) is 12.3. The molecule has 11 nitrogen and oxygen atoms in total. The predicted octanol–water partition coefficient (Wildman–Crippen LogP) is 8.16. The van der Waals surface area contributed by atoms with Crippen LogP contribution < -0.4 is 5.32 Å². The van der Waals surface area contributed by atoms with Crippen LogP contribution in [0.1, 0.15) is 90.5 Å². The van der Waals surface area contributed by atoms with Crippen LogP contribution >= 0.6 is 0 Å². The van der Waals surface area contributed by atoms with Crippen LogP contribution in [-0.4, -0.2) is 73.4 Å². The molecule has 2 saturated heterocycles. The number of methoxy groups -OCH3 is 1. The average molecular weight is 730 g/mol. The molecule has 1 aliphatic carbocycles. The number of alkyl carbamates (subject to hydrolysis) is 1. The number of fused-ring (bicyclic) bond motifs is 4. The molecule has 3 aromatic carbocycles. The lowest BCUT2D eigenvalue weighted by molar-refractivity contribution is -0.139. The van der Waals surface area contributed by atoms with Crippen LogP contribution in [-0.2, 0) is 14.3 Å². The zero-order chi connectivity index (χ0) is 37.8. The van der Waals surface area contributed by atoms with Gasteiger partial charge in [0.2, 0.25) is 11.8 Å². The van der Waals surface area contributed by atoms with E-state index in [9.17, 15) is 14.4 Å². The Bertz CT molecular complexity index is 2220. The number of imidazole rings is 2. The van der Waals surface area contributed by atoms with E-state index in [-0.39, 0.29) is 41.8 Å². The first kappa shape index (κ1) is 35.8. The van der Waals surface area contributed by atoms with E-state index in [0.29, 0.717) is 11.8 Å². The van der Waals surface area contributed by atoms with E-state index in [2.05, 4.69) is 77.7 Å². The normalized spacial score (nSPS) is 22.1. The van der Waals surface area contributed by atoms with Crippen molar-refractivity contribution in [2.45, 2.75) is 90.9 Å². The molecule has 4 heterocycles. The maximum absolute atomic E-state index is 14.0. The molecule has 3 aliphatic rings. The van der Waals surface area contributed by atoms with Gasteiger partial charge in [0, 0.05) is 24.1 Å². The van der Waals surface area contributed by atoms with Gasteiger partial charge in [0.1, 0.15) is 17.7 Å². The van der Waals surface area contributed by atoms with Gasteiger partial charge >= 0.3 is 6.09 Å². The van der Waals surface area contributed by atoms with E-state index >= 15 is 0 Å². The zero-order valence-electron chi connectivity index (χ0n) is 32.1. The summed E-state index contributed by atoms with van der Waals surface area (Å²) in [7, 11) is 1.32. The number of H-pyrrole nitrogens is 2. The molecular weight excluding hydrogens is 679 g/mol. The quantitative estimate of drug-likeness (QED) is 0.140. The summed E-state index contributed by atoms with van der Waals surface area (Å²) in [5.74, 6) is 2.31. The first-order valence-electron chi connectivity index (χ1n) is 19.6. The molecule has 8 rings (SSSR count). The summed E-state index contributed by atoms with van der Waals surface area (Å²) in [6.45, 7) is 10.9. The fraction of sp³-hybridized carbons (Fsp3) is 0.465. The first-order chi connectivity index (χ1) is 26.0. The molecule has 3 N–H and O–H groups in total. The summed E-state index contributed by atoms with van der Waals surface area (Å²) in [6.07, 6.45) is 6.16. The number of carbonyl (C=O) groups excluding carboxylic acids is 3. The number of piperidine rings is 1. The number of amides is 3. The molecule has 11 heteroatoms. The minimum absolute atomic E-state index is 0.0126. The van der Waals surface area contributed by atoms with E-state index < -0.39 is 12.1 Å². The minimum Gasteiger partial charge on any atom is -0.453 e. The van der Waals surface area contributed by atoms with Crippen molar-refractivity contribution in [3.05, 3.63) is 72.4 Å². The van der Waals surface area contributed by atoms with Gasteiger partial charge in [0.15, 0.2) is 0 Å². The molecule has 5 aromatic rings. The number of aromatic nitrogens is 4. The highest BCUT2D eigenvalue weighted by Crippen LogP contribution is 2.50. The van der Waals surface area contributed by atoms with E-state index in [1.54, 1.807) is 0 Å². The first-order valence-corrected chi connectivity index (χ1v) is 19.6. The number of rotatable bonds is 9. The van der Waals surface area contributed by atoms with Crippen LogP contribution in [0, 0.1) is 23.7 Å². The highest BCUT2D eigenvalue weighted by Gasteiger charge is 2.51. The molecule has 282 valence electrons. The Labute approximate surface area is 316 Å². The lowest BCUT2D eigenvalue weighted by Crippen LogP contribution is -2.54. The zero-order valence-corrected chi connectivity index (χ0v) is 32.1. The van der Waals surface area contributed by atoms with Crippen molar-refractivity contribution in [1.29, 1.82) is 0 Å². The third-order valence-corrected chi connectivity index (χ3v) is 12.3. The predicted molar refractivity (Wildman–Crippen MR) is 209 cm³/mol. The number of carbonyl (C=O) groups is 3. The molecule has 0 radical (unpaired) electrons. The molecule has 3 fully saturated rings. The van der Waals surface area contributed by atoms with Gasteiger partial charge in [-0.15, -0.1) is 0 Å². The van der Waals surface area contributed by atoms with Crippen molar-refractivity contribution >= 4 is 39.7 Å². The van der Waals surface area contributed by atoms with Crippen molar-refractivity contribution in [1.82, 2.24) is 35.1 Å². The van der Waals surface area contributed by atoms with Crippen LogP contribution in [0.4, 0.5) is 4.79 Å². The van der Waals surface area contributed by atoms with E-state index in [4.69, 9.17) is 14.7 Å². The Hall–Kier alpha value is -5.19. The minimum atomic E-state index is -0.672. The number of benzene rings is 3. The molecule has 3 amide bonds. The second-order valence-corrected chi connectivity index (χ2v) is 16.3. The topological polar surface area (TPSA) is 136 Å². The van der Waals surface area contributed by atoms with E-state index in [0.717, 1.165) is 94.5 Å². The second-order valence-electron chi connectivity index (χ2n) is 16.3. The summed E-state index contributed by atoms with van der Waals surface area (Å²) < 4.78 is 4.84. The maximum atomic E-state index is 14.0. The van der Waals surface area contributed by atoms with Gasteiger partial charge < -0.3 is 29.8 Å². The number of nitrogens with one attached hydrogen (secondary N) is 3. The van der Waals surface area contributed by atoms with Gasteiger partial charge in [-0.1, -0.05) is 65.0 Å². The second kappa shape index (κ2) is 14.2. The Morgan fingerprint density at radius 3 is 2.30 bits per heavy atom.